The van der Waals surface area contributed by atoms with Crippen LogP contribution in [0, 0.1) is 0 Å². The van der Waals surface area contributed by atoms with E-state index in [0.29, 0.717) is 28.2 Å². The first-order valence-electron chi connectivity index (χ1n) is 10.00. The predicted octanol–water partition coefficient (Wildman–Crippen LogP) is 4.20. The fourth-order valence-corrected chi connectivity index (χ4v) is 4.35. The largest absolute Gasteiger partial charge is 0.456 e. The molecule has 0 atom stereocenters. The lowest BCUT2D eigenvalue weighted by molar-refractivity contribution is 0.0224. The van der Waals surface area contributed by atoms with Crippen LogP contribution in [0.2, 0.25) is 0 Å². The van der Waals surface area contributed by atoms with Crippen molar-refractivity contribution in [1.29, 1.82) is 0 Å². The summed E-state index contributed by atoms with van der Waals surface area (Å²) in [5.74, 6) is 0.815. The molecule has 5 rings (SSSR count). The molecule has 0 aromatic heterocycles. The maximum atomic E-state index is 13.0. The Kier molecular flexibility index (Phi) is 4.09. The number of ether oxygens (including phenoxy) is 2. The summed E-state index contributed by atoms with van der Waals surface area (Å²) >= 11 is 0. The van der Waals surface area contributed by atoms with Gasteiger partial charge in [0.05, 0.1) is 5.56 Å². The van der Waals surface area contributed by atoms with E-state index in [1.807, 2.05) is 80.5 Å². The van der Waals surface area contributed by atoms with Crippen LogP contribution in [-0.4, -0.2) is 40.4 Å². The van der Waals surface area contributed by atoms with E-state index in [-0.39, 0.29) is 0 Å². The quantitative estimate of drug-likeness (QED) is 0.473. The average molecular weight is 414 g/mol. The minimum absolute atomic E-state index is 0.400. The maximum Gasteiger partial charge on any atom is 0.340 e. The van der Waals surface area contributed by atoms with Crippen molar-refractivity contribution in [3.63, 3.8) is 0 Å². The highest BCUT2D eigenvalue weighted by molar-refractivity contribution is 5.98. The second-order valence-electron chi connectivity index (χ2n) is 8.25. The van der Waals surface area contributed by atoms with E-state index in [4.69, 9.17) is 9.47 Å². The summed E-state index contributed by atoms with van der Waals surface area (Å²) < 4.78 is 12.5. The molecule has 1 spiro atoms. The molecule has 2 aliphatic rings. The van der Waals surface area contributed by atoms with Crippen molar-refractivity contribution in [3.05, 3.63) is 82.4 Å². The number of carbonyl (C=O) groups is 2. The Morgan fingerprint density at radius 1 is 0.774 bits per heavy atom. The fraction of sp³-hybridized carbons (Fsp3) is 0.200. The van der Waals surface area contributed by atoms with Crippen LogP contribution in [0.25, 0.3) is 0 Å². The van der Waals surface area contributed by atoms with Gasteiger partial charge in [-0.15, -0.1) is 0 Å². The van der Waals surface area contributed by atoms with Crippen LogP contribution in [0.15, 0.2) is 54.6 Å². The standard InChI is InChI=1S/C25H22N2O4/c1-26(2)16-6-9-20-22(12-16)30-23-13-17(27(3)4)7-10-21(23)25(20)19-8-5-15(14-28)11-18(19)24(29)31-25/h5-14H,1-4H3. The summed E-state index contributed by atoms with van der Waals surface area (Å²) in [5, 5.41) is 0. The Labute approximate surface area is 180 Å². The Bertz CT molecular complexity index is 1190. The smallest absolute Gasteiger partial charge is 0.340 e. The van der Waals surface area contributed by atoms with E-state index in [2.05, 4.69) is 0 Å². The maximum absolute atomic E-state index is 13.0. The topological polar surface area (TPSA) is 59.1 Å². The lowest BCUT2D eigenvalue weighted by Gasteiger charge is -2.37. The molecule has 0 unspecified atom stereocenters. The molecule has 6 nitrogen and oxygen atoms in total. The van der Waals surface area contributed by atoms with E-state index in [1.54, 1.807) is 12.1 Å². The third kappa shape index (κ3) is 2.64. The summed E-state index contributed by atoms with van der Waals surface area (Å²) in [5.41, 5.74) is 3.88. The minimum Gasteiger partial charge on any atom is -0.456 e. The van der Waals surface area contributed by atoms with Gasteiger partial charge >= 0.3 is 5.97 Å². The zero-order chi connectivity index (χ0) is 21.9. The van der Waals surface area contributed by atoms with Crippen LogP contribution in [-0.2, 0) is 10.3 Å². The van der Waals surface area contributed by atoms with Crippen molar-refractivity contribution >= 4 is 23.6 Å². The molecular weight excluding hydrogens is 392 g/mol. The van der Waals surface area contributed by atoms with Crippen LogP contribution < -0.4 is 14.5 Å². The molecule has 156 valence electrons. The summed E-state index contributed by atoms with van der Waals surface area (Å²) in [7, 11) is 7.85. The summed E-state index contributed by atoms with van der Waals surface area (Å²) in [6, 6.07) is 16.9. The van der Waals surface area contributed by atoms with Crippen molar-refractivity contribution in [2.24, 2.45) is 0 Å². The number of hydrogen-bond acceptors (Lipinski definition) is 6. The second-order valence-corrected chi connectivity index (χ2v) is 8.25. The molecule has 3 aromatic carbocycles. The van der Waals surface area contributed by atoms with Crippen molar-refractivity contribution in [3.8, 4) is 11.5 Å². The van der Waals surface area contributed by atoms with E-state index < -0.39 is 11.6 Å². The SMILES string of the molecule is CN(C)c1ccc2c(c1)Oc1cc(N(C)C)ccc1C21OC(=O)c2cc(C=O)ccc21. The number of fused-ring (bicyclic) bond motifs is 6. The highest BCUT2D eigenvalue weighted by Gasteiger charge is 2.53. The van der Waals surface area contributed by atoms with Crippen molar-refractivity contribution in [1.82, 2.24) is 0 Å². The zero-order valence-corrected chi connectivity index (χ0v) is 17.8. The Morgan fingerprint density at radius 2 is 1.32 bits per heavy atom. The molecule has 0 saturated heterocycles. The number of rotatable bonds is 3. The highest BCUT2D eigenvalue weighted by atomic mass is 16.6. The first-order chi connectivity index (χ1) is 14.8. The van der Waals surface area contributed by atoms with Crippen molar-refractivity contribution < 1.29 is 19.1 Å². The predicted molar refractivity (Wildman–Crippen MR) is 119 cm³/mol. The van der Waals surface area contributed by atoms with Gasteiger partial charge < -0.3 is 19.3 Å². The van der Waals surface area contributed by atoms with E-state index in [0.717, 1.165) is 28.8 Å². The molecule has 31 heavy (non-hydrogen) atoms. The molecule has 0 radical (unpaired) electrons. The van der Waals surface area contributed by atoms with Gasteiger partial charge in [-0.25, -0.2) is 4.79 Å². The third-order valence-corrected chi connectivity index (χ3v) is 5.97. The number of esters is 1. The number of anilines is 2. The van der Waals surface area contributed by atoms with Gasteiger partial charge in [0.25, 0.3) is 0 Å². The first-order valence-corrected chi connectivity index (χ1v) is 10.00. The molecule has 6 heteroatoms. The van der Waals surface area contributed by atoms with E-state index >= 15 is 0 Å². The lowest BCUT2D eigenvalue weighted by atomic mass is 9.77. The van der Waals surface area contributed by atoms with Crippen LogP contribution in [0.5, 0.6) is 11.5 Å². The van der Waals surface area contributed by atoms with Gasteiger partial charge in [0, 0.05) is 74.0 Å². The van der Waals surface area contributed by atoms with Gasteiger partial charge in [0.1, 0.15) is 17.8 Å². The van der Waals surface area contributed by atoms with Crippen LogP contribution in [0.3, 0.4) is 0 Å². The van der Waals surface area contributed by atoms with E-state index in [9.17, 15) is 9.59 Å². The lowest BCUT2D eigenvalue weighted by Crippen LogP contribution is -2.33. The number of aldehydes is 1. The summed E-state index contributed by atoms with van der Waals surface area (Å²) in [4.78, 5) is 28.3. The molecule has 0 bridgehead atoms. The molecule has 0 amide bonds. The minimum atomic E-state index is -1.13. The molecule has 2 heterocycles. The molecule has 0 fully saturated rings. The van der Waals surface area contributed by atoms with Gasteiger partial charge in [0.15, 0.2) is 5.60 Å². The average Bonchev–Trinajstić information content (AvgIpc) is 3.05. The monoisotopic (exact) mass is 414 g/mol. The summed E-state index contributed by atoms with van der Waals surface area (Å²) in [6.07, 6.45) is 0.733. The van der Waals surface area contributed by atoms with Crippen LogP contribution >= 0.6 is 0 Å². The second kappa shape index (κ2) is 6.60. The third-order valence-electron chi connectivity index (χ3n) is 5.97. The molecule has 0 N–H and O–H groups in total. The first kappa shape index (κ1) is 19.2. The number of carbonyl (C=O) groups excluding carboxylic acids is 2. The Hall–Kier alpha value is -3.80. The molecule has 3 aromatic rings. The van der Waals surface area contributed by atoms with Gasteiger partial charge in [-0.2, -0.15) is 0 Å². The molecule has 0 aliphatic carbocycles. The van der Waals surface area contributed by atoms with Gasteiger partial charge in [0.2, 0.25) is 0 Å². The molecule has 2 aliphatic heterocycles. The Balaban J connectivity index is 1.83. The molecular formula is C25H22N2O4. The summed E-state index contributed by atoms with van der Waals surface area (Å²) in [6.45, 7) is 0. The van der Waals surface area contributed by atoms with Crippen LogP contribution in [0.4, 0.5) is 11.4 Å². The Morgan fingerprint density at radius 3 is 1.84 bits per heavy atom. The molecule has 0 saturated carbocycles. The zero-order valence-electron chi connectivity index (χ0n) is 17.8. The van der Waals surface area contributed by atoms with Crippen LogP contribution in [0.1, 0.15) is 37.4 Å². The van der Waals surface area contributed by atoms with Gasteiger partial charge in [-0.05, 0) is 30.3 Å². The van der Waals surface area contributed by atoms with Crippen molar-refractivity contribution in [2.45, 2.75) is 5.60 Å². The number of hydrogen-bond donors (Lipinski definition) is 0. The van der Waals surface area contributed by atoms with E-state index in [1.165, 1.54) is 0 Å². The normalized spacial score (nSPS) is 14.8. The number of benzene rings is 3. The highest BCUT2D eigenvalue weighted by Crippen LogP contribution is 2.57. The van der Waals surface area contributed by atoms with Crippen molar-refractivity contribution in [2.75, 3.05) is 38.0 Å². The van der Waals surface area contributed by atoms with Gasteiger partial charge in [-0.3, -0.25) is 4.79 Å². The number of nitrogens with zero attached hydrogens (tertiary/aromatic N) is 2. The van der Waals surface area contributed by atoms with Gasteiger partial charge in [-0.1, -0.05) is 12.1 Å². The fourth-order valence-electron chi connectivity index (χ4n) is 4.35.